The summed E-state index contributed by atoms with van der Waals surface area (Å²) >= 11 is 1.59. The van der Waals surface area contributed by atoms with Crippen LogP contribution in [0.3, 0.4) is 0 Å². The van der Waals surface area contributed by atoms with Crippen molar-refractivity contribution < 1.29 is 10.2 Å². The lowest BCUT2D eigenvalue weighted by Crippen LogP contribution is -1.82. The van der Waals surface area contributed by atoms with E-state index >= 15 is 0 Å². The van der Waals surface area contributed by atoms with E-state index in [-0.39, 0.29) is 11.8 Å². The third-order valence-electron chi connectivity index (χ3n) is 2.50. The molecule has 0 aliphatic carbocycles. The van der Waals surface area contributed by atoms with E-state index in [1.807, 2.05) is 0 Å². The van der Waals surface area contributed by atoms with Crippen LogP contribution in [0.1, 0.15) is 45.4 Å². The number of aromatic hydroxyl groups is 2. The van der Waals surface area contributed by atoms with Gasteiger partial charge in [0.25, 0.3) is 0 Å². The molecule has 0 bridgehead atoms. The van der Waals surface area contributed by atoms with E-state index in [1.54, 1.807) is 17.8 Å². The molecule has 0 saturated heterocycles. The second kappa shape index (κ2) is 7.49. The lowest BCUT2D eigenvalue weighted by molar-refractivity contribution is 0.421. The fourth-order valence-corrected chi connectivity index (χ4v) is 2.54. The zero-order valence-corrected chi connectivity index (χ0v) is 10.6. The van der Waals surface area contributed by atoms with Crippen molar-refractivity contribution in [3.05, 3.63) is 6.07 Å². The molecule has 1 heterocycles. The minimum Gasteiger partial charge on any atom is -0.494 e. The van der Waals surface area contributed by atoms with E-state index in [2.05, 4.69) is 11.9 Å². The third-order valence-corrected chi connectivity index (χ3v) is 3.62. The molecule has 3 N–H and O–H groups in total. The zero-order valence-electron chi connectivity index (χ0n) is 9.83. The second-order valence-electron chi connectivity index (χ2n) is 3.98. The van der Waals surface area contributed by atoms with Crippen molar-refractivity contribution in [1.82, 2.24) is 4.98 Å². The fourth-order valence-electron chi connectivity index (χ4n) is 1.59. The highest BCUT2D eigenvalue weighted by Crippen LogP contribution is 2.31. The van der Waals surface area contributed by atoms with Crippen LogP contribution in [0.25, 0.3) is 0 Å². The summed E-state index contributed by atoms with van der Waals surface area (Å²) in [5, 5.41) is 18.5. The highest BCUT2D eigenvalue weighted by atomic mass is 32.2. The van der Waals surface area contributed by atoms with Crippen LogP contribution in [0, 0.1) is 0 Å². The van der Waals surface area contributed by atoms with Crippen molar-refractivity contribution in [3.8, 4) is 11.8 Å². The number of H-pyrrole nitrogens is 1. The summed E-state index contributed by atoms with van der Waals surface area (Å²) in [6.45, 7) is 2.22. The highest BCUT2D eigenvalue weighted by Gasteiger charge is 2.05. The molecule has 0 atom stereocenters. The Bertz CT molecular complexity index is 299. The van der Waals surface area contributed by atoms with E-state index < -0.39 is 0 Å². The minimum absolute atomic E-state index is 0.0305. The smallest absolute Gasteiger partial charge is 0.205 e. The Labute approximate surface area is 101 Å². The van der Waals surface area contributed by atoms with Gasteiger partial charge in [-0.2, -0.15) is 0 Å². The number of aromatic amines is 1. The maximum atomic E-state index is 9.37. The second-order valence-corrected chi connectivity index (χ2v) is 5.12. The summed E-state index contributed by atoms with van der Waals surface area (Å²) in [5.74, 6) is 1.10. The Morgan fingerprint density at radius 3 is 2.44 bits per heavy atom. The number of aromatic nitrogens is 1. The first-order valence-corrected chi connectivity index (χ1v) is 6.96. The van der Waals surface area contributed by atoms with Gasteiger partial charge in [0.05, 0.1) is 4.90 Å². The Morgan fingerprint density at radius 1 is 1.12 bits per heavy atom. The normalized spacial score (nSPS) is 10.8. The zero-order chi connectivity index (χ0) is 11.8. The van der Waals surface area contributed by atoms with E-state index in [9.17, 15) is 5.11 Å². The molecule has 0 aliphatic rings. The van der Waals surface area contributed by atoms with Gasteiger partial charge in [-0.15, -0.1) is 11.8 Å². The Morgan fingerprint density at radius 2 is 1.81 bits per heavy atom. The van der Waals surface area contributed by atoms with Crippen LogP contribution in [0.15, 0.2) is 11.0 Å². The Kier molecular flexibility index (Phi) is 6.23. The molecular weight excluding hydrogens is 222 g/mol. The van der Waals surface area contributed by atoms with Crippen molar-refractivity contribution in [3.63, 3.8) is 0 Å². The standard InChI is InChI=1S/C12H21NO2S/c1-2-3-4-5-6-7-8-16-10-9-11(14)13-12(10)15/h9,13-15H,2-8H2,1H3. The maximum Gasteiger partial charge on any atom is 0.205 e. The van der Waals surface area contributed by atoms with Gasteiger partial charge < -0.3 is 10.2 Å². The molecule has 4 heteroatoms. The van der Waals surface area contributed by atoms with E-state index in [0.29, 0.717) is 0 Å². The highest BCUT2D eigenvalue weighted by molar-refractivity contribution is 7.99. The molecule has 1 aromatic rings. The molecule has 0 spiro atoms. The number of unbranched alkanes of at least 4 members (excludes halogenated alkanes) is 5. The Balaban J connectivity index is 2.05. The van der Waals surface area contributed by atoms with Crippen molar-refractivity contribution in [1.29, 1.82) is 0 Å². The van der Waals surface area contributed by atoms with Crippen LogP contribution in [-0.4, -0.2) is 20.9 Å². The minimum atomic E-state index is 0.0305. The van der Waals surface area contributed by atoms with Gasteiger partial charge in [0, 0.05) is 6.07 Å². The van der Waals surface area contributed by atoms with Crippen molar-refractivity contribution in [2.24, 2.45) is 0 Å². The number of hydrogen-bond donors (Lipinski definition) is 3. The molecule has 3 nitrogen and oxygen atoms in total. The first-order valence-electron chi connectivity index (χ1n) is 5.97. The fraction of sp³-hybridized carbons (Fsp3) is 0.667. The van der Waals surface area contributed by atoms with Crippen LogP contribution in [-0.2, 0) is 0 Å². The van der Waals surface area contributed by atoms with Gasteiger partial charge in [-0.1, -0.05) is 39.0 Å². The third kappa shape index (κ3) is 4.84. The molecule has 0 saturated carbocycles. The summed E-state index contributed by atoms with van der Waals surface area (Å²) in [4.78, 5) is 3.21. The molecule has 1 rings (SSSR count). The molecule has 0 radical (unpaired) electrons. The van der Waals surface area contributed by atoms with Gasteiger partial charge in [0.15, 0.2) is 5.88 Å². The topological polar surface area (TPSA) is 56.2 Å². The molecule has 0 amide bonds. The molecule has 1 aromatic heterocycles. The summed E-state index contributed by atoms with van der Waals surface area (Å²) in [5.41, 5.74) is 0. The average Bonchev–Trinajstić information content (AvgIpc) is 2.56. The van der Waals surface area contributed by atoms with Crippen LogP contribution >= 0.6 is 11.8 Å². The molecule has 0 fully saturated rings. The summed E-state index contributed by atoms with van der Waals surface area (Å²) in [6, 6.07) is 1.57. The maximum absolute atomic E-state index is 9.37. The first kappa shape index (κ1) is 13.3. The van der Waals surface area contributed by atoms with Gasteiger partial charge >= 0.3 is 0 Å². The Hall–Kier alpha value is -0.770. The molecule has 0 aliphatic heterocycles. The summed E-state index contributed by atoms with van der Waals surface area (Å²) in [6.07, 6.45) is 7.67. The predicted octanol–water partition coefficient (Wildman–Crippen LogP) is 3.88. The average molecular weight is 243 g/mol. The monoisotopic (exact) mass is 243 g/mol. The molecule has 92 valence electrons. The largest absolute Gasteiger partial charge is 0.494 e. The molecular formula is C12H21NO2S. The van der Waals surface area contributed by atoms with E-state index in [1.165, 1.54) is 38.5 Å². The number of nitrogens with one attached hydrogen (secondary N) is 1. The quantitative estimate of drug-likeness (QED) is 0.480. The summed E-state index contributed by atoms with van der Waals surface area (Å²) < 4.78 is 0. The number of rotatable bonds is 8. The molecule has 16 heavy (non-hydrogen) atoms. The number of thioether (sulfide) groups is 1. The molecule has 0 unspecified atom stereocenters. The van der Waals surface area contributed by atoms with Crippen LogP contribution < -0.4 is 0 Å². The summed E-state index contributed by atoms with van der Waals surface area (Å²) in [7, 11) is 0. The SMILES string of the molecule is CCCCCCCCSc1cc(O)[nH]c1O. The van der Waals surface area contributed by atoms with Gasteiger partial charge in [0.2, 0.25) is 5.88 Å². The van der Waals surface area contributed by atoms with E-state index in [4.69, 9.17) is 5.11 Å². The van der Waals surface area contributed by atoms with Crippen LogP contribution in [0.4, 0.5) is 0 Å². The van der Waals surface area contributed by atoms with Gasteiger partial charge in [0.1, 0.15) is 0 Å². The van der Waals surface area contributed by atoms with Crippen molar-refractivity contribution >= 4 is 11.8 Å². The van der Waals surface area contributed by atoms with Crippen LogP contribution in [0.2, 0.25) is 0 Å². The first-order chi connectivity index (χ1) is 7.74. The van der Waals surface area contributed by atoms with Crippen molar-refractivity contribution in [2.75, 3.05) is 5.75 Å². The molecule has 0 aromatic carbocycles. The lowest BCUT2D eigenvalue weighted by Gasteiger charge is -2.00. The van der Waals surface area contributed by atoms with Crippen LogP contribution in [0.5, 0.6) is 11.8 Å². The van der Waals surface area contributed by atoms with Crippen molar-refractivity contribution in [2.45, 2.75) is 50.3 Å². The van der Waals surface area contributed by atoms with E-state index in [0.717, 1.165) is 10.6 Å². The predicted molar refractivity (Wildman–Crippen MR) is 68.2 cm³/mol. The van der Waals surface area contributed by atoms with Gasteiger partial charge in [-0.25, -0.2) is 0 Å². The lowest BCUT2D eigenvalue weighted by atomic mass is 10.1. The van der Waals surface area contributed by atoms with Gasteiger partial charge in [-0.05, 0) is 12.2 Å². The van der Waals surface area contributed by atoms with Gasteiger partial charge in [-0.3, -0.25) is 4.98 Å². The number of hydrogen-bond acceptors (Lipinski definition) is 3.